The Labute approximate surface area is 71.9 Å². The molecule has 70 valence electrons. The molecule has 2 atom stereocenters. The molecule has 0 aromatic carbocycles. The normalized spacial score (nSPS) is 30.9. The SMILES string of the molecule is O=NN1CN(N=O)[C@H]2NC(=O)N[C@H]21. The van der Waals surface area contributed by atoms with Crippen LogP contribution in [0.2, 0.25) is 0 Å². The molecule has 2 N–H and O–H groups in total. The third-order valence-electron chi connectivity index (χ3n) is 2.00. The maximum absolute atomic E-state index is 10.8. The summed E-state index contributed by atoms with van der Waals surface area (Å²) in [7, 11) is 0. The number of urea groups is 1. The highest BCUT2D eigenvalue weighted by Crippen LogP contribution is 2.20. The van der Waals surface area contributed by atoms with Crippen molar-refractivity contribution in [1.29, 1.82) is 0 Å². The van der Waals surface area contributed by atoms with E-state index in [9.17, 15) is 14.6 Å². The van der Waals surface area contributed by atoms with E-state index in [1.165, 1.54) is 0 Å². The van der Waals surface area contributed by atoms with Crippen LogP contribution in [0.4, 0.5) is 4.79 Å². The molecule has 13 heavy (non-hydrogen) atoms. The number of nitroso groups, excluding NO2 is 2. The van der Waals surface area contributed by atoms with Crippen molar-refractivity contribution in [3.63, 3.8) is 0 Å². The predicted octanol–water partition coefficient (Wildman–Crippen LogP) is -1.11. The van der Waals surface area contributed by atoms with Gasteiger partial charge in [0.05, 0.1) is 10.6 Å². The van der Waals surface area contributed by atoms with Crippen LogP contribution in [-0.2, 0) is 0 Å². The van der Waals surface area contributed by atoms with Crippen molar-refractivity contribution in [3.8, 4) is 0 Å². The molecule has 2 fully saturated rings. The summed E-state index contributed by atoms with van der Waals surface area (Å²) in [5.41, 5.74) is 0. The van der Waals surface area contributed by atoms with Gasteiger partial charge in [-0.15, -0.1) is 9.81 Å². The fourth-order valence-electron chi connectivity index (χ4n) is 1.42. The first-order valence-corrected chi connectivity index (χ1v) is 3.53. The van der Waals surface area contributed by atoms with E-state index < -0.39 is 18.4 Å². The fourth-order valence-corrected chi connectivity index (χ4v) is 1.42. The van der Waals surface area contributed by atoms with Crippen molar-refractivity contribution in [3.05, 3.63) is 9.81 Å². The van der Waals surface area contributed by atoms with Crippen molar-refractivity contribution in [1.82, 2.24) is 20.7 Å². The number of carbonyl (C=O) groups excluding carboxylic acids is 1. The van der Waals surface area contributed by atoms with Crippen molar-refractivity contribution in [2.75, 3.05) is 6.67 Å². The van der Waals surface area contributed by atoms with E-state index in [4.69, 9.17) is 0 Å². The lowest BCUT2D eigenvalue weighted by atomic mass is 10.4. The third-order valence-corrected chi connectivity index (χ3v) is 2.00. The van der Waals surface area contributed by atoms with Gasteiger partial charge in [-0.05, 0) is 0 Å². The summed E-state index contributed by atoms with van der Waals surface area (Å²) >= 11 is 0. The van der Waals surface area contributed by atoms with E-state index >= 15 is 0 Å². The first kappa shape index (κ1) is 7.71. The molecule has 9 nitrogen and oxygen atoms in total. The average Bonchev–Trinajstić information content (AvgIpc) is 2.61. The highest BCUT2D eigenvalue weighted by atomic mass is 16.3. The predicted molar refractivity (Wildman–Crippen MR) is 39.4 cm³/mol. The topological polar surface area (TPSA) is 106 Å². The van der Waals surface area contributed by atoms with Gasteiger partial charge in [0.25, 0.3) is 0 Å². The quantitative estimate of drug-likeness (QED) is 0.532. The minimum absolute atomic E-state index is 0.0182. The minimum Gasteiger partial charge on any atom is -0.313 e. The Morgan fingerprint density at radius 1 is 1.15 bits per heavy atom. The minimum atomic E-state index is -0.609. The van der Waals surface area contributed by atoms with Gasteiger partial charge in [-0.1, -0.05) is 0 Å². The number of hydrogen-bond acceptors (Lipinski definition) is 5. The van der Waals surface area contributed by atoms with Gasteiger partial charge in [0, 0.05) is 0 Å². The molecule has 2 heterocycles. The van der Waals surface area contributed by atoms with Gasteiger partial charge in [0.15, 0.2) is 12.3 Å². The summed E-state index contributed by atoms with van der Waals surface area (Å²) < 4.78 is 0. The summed E-state index contributed by atoms with van der Waals surface area (Å²) in [6, 6.07) is -0.447. The number of hydrogen-bond donors (Lipinski definition) is 2. The van der Waals surface area contributed by atoms with Crippen LogP contribution in [0.5, 0.6) is 0 Å². The standard InChI is InChI=1S/C4H6N6O3/c11-4-5-2-3(6-4)10(8-13)1-9(2)7-12/h2-3H,1H2,(H2,5,6,11)/t2-,3+. The Bertz CT molecular complexity index is 245. The molecule has 0 aromatic heterocycles. The molecule has 2 aliphatic rings. The van der Waals surface area contributed by atoms with Gasteiger partial charge in [-0.25, -0.2) is 14.8 Å². The number of amides is 2. The van der Waals surface area contributed by atoms with Crippen molar-refractivity contribution < 1.29 is 4.79 Å². The summed E-state index contributed by atoms with van der Waals surface area (Å²) in [4.78, 5) is 31.3. The molecule has 0 unspecified atom stereocenters. The smallest absolute Gasteiger partial charge is 0.313 e. The first-order valence-electron chi connectivity index (χ1n) is 3.53. The lowest BCUT2D eigenvalue weighted by Gasteiger charge is -2.11. The highest BCUT2D eigenvalue weighted by molar-refractivity contribution is 5.77. The van der Waals surface area contributed by atoms with Crippen LogP contribution < -0.4 is 10.6 Å². The molecule has 9 heteroatoms. The summed E-state index contributed by atoms with van der Waals surface area (Å²) in [6.45, 7) is -0.0182. The van der Waals surface area contributed by atoms with Gasteiger partial charge in [0.2, 0.25) is 0 Å². The lowest BCUT2D eigenvalue weighted by Crippen LogP contribution is -2.40. The van der Waals surface area contributed by atoms with Crippen LogP contribution in [0.15, 0.2) is 10.6 Å². The molecular weight excluding hydrogens is 180 g/mol. The van der Waals surface area contributed by atoms with Crippen molar-refractivity contribution in [2.24, 2.45) is 10.6 Å². The molecule has 2 amide bonds. The van der Waals surface area contributed by atoms with E-state index in [0.717, 1.165) is 10.0 Å². The van der Waals surface area contributed by atoms with E-state index in [1.54, 1.807) is 0 Å². The van der Waals surface area contributed by atoms with E-state index in [0.29, 0.717) is 0 Å². The first-order chi connectivity index (χ1) is 6.26. The molecule has 2 rings (SSSR count). The van der Waals surface area contributed by atoms with Crippen molar-refractivity contribution in [2.45, 2.75) is 12.3 Å². The largest absolute Gasteiger partial charge is 0.318 e. The molecule has 0 saturated carbocycles. The summed E-state index contributed by atoms with van der Waals surface area (Å²) in [5.74, 6) is 0. The van der Waals surface area contributed by atoms with Crippen LogP contribution in [0.1, 0.15) is 0 Å². The molecule has 0 aliphatic carbocycles. The zero-order valence-corrected chi connectivity index (χ0v) is 6.38. The zero-order valence-electron chi connectivity index (χ0n) is 6.38. The Balaban J connectivity index is 2.20. The molecule has 2 aliphatic heterocycles. The molecule has 0 spiro atoms. The molecule has 0 aromatic rings. The second-order valence-electron chi connectivity index (χ2n) is 2.69. The van der Waals surface area contributed by atoms with Crippen LogP contribution in [0.25, 0.3) is 0 Å². The second kappa shape index (κ2) is 2.54. The van der Waals surface area contributed by atoms with Gasteiger partial charge >= 0.3 is 6.03 Å². The van der Waals surface area contributed by atoms with Gasteiger partial charge in [-0.2, -0.15) is 0 Å². The van der Waals surface area contributed by atoms with Gasteiger partial charge in [0.1, 0.15) is 6.67 Å². The van der Waals surface area contributed by atoms with E-state index in [-0.39, 0.29) is 6.67 Å². The Morgan fingerprint density at radius 2 is 1.62 bits per heavy atom. The number of fused-ring (bicyclic) bond motifs is 1. The van der Waals surface area contributed by atoms with Gasteiger partial charge in [-0.3, -0.25) is 0 Å². The Hall–Kier alpha value is -1.93. The molecule has 2 saturated heterocycles. The molecular formula is C4H6N6O3. The lowest BCUT2D eigenvalue weighted by molar-refractivity contribution is 0.195. The highest BCUT2D eigenvalue weighted by Gasteiger charge is 2.47. The summed E-state index contributed by atoms with van der Waals surface area (Å²) in [6.07, 6.45) is -1.22. The maximum atomic E-state index is 10.8. The number of rotatable bonds is 2. The zero-order chi connectivity index (χ0) is 9.42. The monoisotopic (exact) mass is 186 g/mol. The molecule has 0 radical (unpaired) electrons. The third kappa shape index (κ3) is 0.965. The fraction of sp³-hybridized carbons (Fsp3) is 0.750. The van der Waals surface area contributed by atoms with Crippen molar-refractivity contribution >= 4 is 6.03 Å². The Kier molecular flexibility index (Phi) is 1.50. The second-order valence-corrected chi connectivity index (χ2v) is 2.69. The molecule has 0 bridgehead atoms. The number of carbonyl (C=O) groups is 1. The van der Waals surface area contributed by atoms with Crippen LogP contribution in [0.3, 0.4) is 0 Å². The summed E-state index contributed by atoms with van der Waals surface area (Å²) in [5, 5.41) is 12.2. The number of nitrogens with one attached hydrogen (secondary N) is 2. The van der Waals surface area contributed by atoms with Gasteiger partial charge < -0.3 is 10.6 Å². The van der Waals surface area contributed by atoms with E-state index in [2.05, 4.69) is 21.2 Å². The Morgan fingerprint density at radius 3 is 2.00 bits per heavy atom. The van der Waals surface area contributed by atoms with Crippen LogP contribution in [0, 0.1) is 9.81 Å². The average molecular weight is 186 g/mol. The van der Waals surface area contributed by atoms with Crippen LogP contribution in [-0.4, -0.2) is 35.0 Å². The maximum Gasteiger partial charge on any atom is 0.318 e. The number of nitrogens with zero attached hydrogens (tertiary/aromatic N) is 4. The van der Waals surface area contributed by atoms with Crippen LogP contribution >= 0.6 is 0 Å². The van der Waals surface area contributed by atoms with E-state index in [1.807, 2.05) is 0 Å².